The molecule has 1 aromatic heterocycles. The SMILES string of the molecule is CCCNc1ncnc(SCc2ccccc2)c1C. The number of anilines is 1. The van der Waals surface area contributed by atoms with E-state index in [4.69, 9.17) is 0 Å². The molecule has 0 saturated carbocycles. The lowest BCUT2D eigenvalue weighted by molar-refractivity contribution is 0.938. The first-order chi connectivity index (χ1) is 9.31. The number of benzene rings is 1. The van der Waals surface area contributed by atoms with Gasteiger partial charge >= 0.3 is 0 Å². The van der Waals surface area contributed by atoms with Crippen molar-refractivity contribution in [3.05, 3.63) is 47.8 Å². The molecule has 2 rings (SSSR count). The Labute approximate surface area is 118 Å². The van der Waals surface area contributed by atoms with Crippen LogP contribution in [0, 0.1) is 6.92 Å². The smallest absolute Gasteiger partial charge is 0.133 e. The molecular weight excluding hydrogens is 254 g/mol. The Balaban J connectivity index is 2.04. The van der Waals surface area contributed by atoms with Crippen molar-refractivity contribution in [2.24, 2.45) is 0 Å². The van der Waals surface area contributed by atoms with Crippen molar-refractivity contribution in [3.8, 4) is 0 Å². The predicted octanol–water partition coefficient (Wildman–Crippen LogP) is 3.90. The quantitative estimate of drug-likeness (QED) is 0.640. The van der Waals surface area contributed by atoms with Gasteiger partial charge in [-0.3, -0.25) is 0 Å². The number of nitrogens with one attached hydrogen (secondary N) is 1. The van der Waals surface area contributed by atoms with Crippen LogP contribution < -0.4 is 5.32 Å². The molecule has 0 spiro atoms. The molecule has 0 saturated heterocycles. The lowest BCUT2D eigenvalue weighted by Crippen LogP contribution is -2.05. The number of nitrogens with zero attached hydrogens (tertiary/aromatic N) is 2. The highest BCUT2D eigenvalue weighted by Crippen LogP contribution is 2.26. The van der Waals surface area contributed by atoms with Gasteiger partial charge in [0.2, 0.25) is 0 Å². The summed E-state index contributed by atoms with van der Waals surface area (Å²) < 4.78 is 0. The highest BCUT2D eigenvalue weighted by Gasteiger charge is 2.07. The van der Waals surface area contributed by atoms with Crippen molar-refractivity contribution < 1.29 is 0 Å². The summed E-state index contributed by atoms with van der Waals surface area (Å²) in [5.74, 6) is 1.89. The van der Waals surface area contributed by atoms with Crippen molar-refractivity contribution >= 4 is 17.6 Å². The molecule has 1 N–H and O–H groups in total. The monoisotopic (exact) mass is 273 g/mol. The molecule has 3 nitrogen and oxygen atoms in total. The topological polar surface area (TPSA) is 37.8 Å². The molecule has 19 heavy (non-hydrogen) atoms. The van der Waals surface area contributed by atoms with E-state index in [0.29, 0.717) is 0 Å². The zero-order valence-corrected chi connectivity index (χ0v) is 12.2. The van der Waals surface area contributed by atoms with Gasteiger partial charge in [-0.15, -0.1) is 11.8 Å². The lowest BCUT2D eigenvalue weighted by atomic mass is 10.2. The summed E-state index contributed by atoms with van der Waals surface area (Å²) in [6.07, 6.45) is 2.73. The Hall–Kier alpha value is -1.55. The number of hydrogen-bond donors (Lipinski definition) is 1. The molecule has 0 amide bonds. The van der Waals surface area contributed by atoms with Crippen LogP contribution in [0.5, 0.6) is 0 Å². The van der Waals surface area contributed by atoms with E-state index in [0.717, 1.165) is 35.1 Å². The molecule has 1 aromatic carbocycles. The number of thioether (sulfide) groups is 1. The van der Waals surface area contributed by atoms with Crippen LogP contribution in [-0.2, 0) is 5.75 Å². The Morgan fingerprint density at radius 2 is 1.95 bits per heavy atom. The zero-order chi connectivity index (χ0) is 13.5. The first kappa shape index (κ1) is 13.9. The molecule has 0 unspecified atom stereocenters. The van der Waals surface area contributed by atoms with E-state index in [-0.39, 0.29) is 0 Å². The summed E-state index contributed by atoms with van der Waals surface area (Å²) in [6.45, 7) is 5.17. The van der Waals surface area contributed by atoms with Crippen molar-refractivity contribution in [2.45, 2.75) is 31.0 Å². The van der Waals surface area contributed by atoms with Crippen molar-refractivity contribution in [2.75, 3.05) is 11.9 Å². The molecule has 0 aliphatic carbocycles. The Morgan fingerprint density at radius 3 is 2.68 bits per heavy atom. The van der Waals surface area contributed by atoms with Gasteiger partial charge in [0.15, 0.2) is 0 Å². The third-order valence-electron chi connectivity index (χ3n) is 2.80. The maximum Gasteiger partial charge on any atom is 0.133 e. The zero-order valence-electron chi connectivity index (χ0n) is 11.4. The summed E-state index contributed by atoms with van der Waals surface area (Å²) in [4.78, 5) is 8.67. The summed E-state index contributed by atoms with van der Waals surface area (Å²) in [5.41, 5.74) is 2.45. The van der Waals surface area contributed by atoms with E-state index < -0.39 is 0 Å². The maximum absolute atomic E-state index is 4.37. The molecule has 2 aromatic rings. The second-order valence-electron chi connectivity index (χ2n) is 4.35. The van der Waals surface area contributed by atoms with E-state index in [1.54, 1.807) is 18.1 Å². The average molecular weight is 273 g/mol. The summed E-state index contributed by atoms with van der Waals surface area (Å²) >= 11 is 1.76. The van der Waals surface area contributed by atoms with E-state index >= 15 is 0 Å². The number of rotatable bonds is 6. The number of hydrogen-bond acceptors (Lipinski definition) is 4. The van der Waals surface area contributed by atoms with Crippen LogP contribution in [0.15, 0.2) is 41.7 Å². The largest absolute Gasteiger partial charge is 0.370 e. The second kappa shape index (κ2) is 7.14. The fraction of sp³-hybridized carbons (Fsp3) is 0.333. The van der Waals surface area contributed by atoms with E-state index in [9.17, 15) is 0 Å². The fourth-order valence-electron chi connectivity index (χ4n) is 1.73. The van der Waals surface area contributed by atoms with Gasteiger partial charge in [0, 0.05) is 17.9 Å². The summed E-state index contributed by atoms with van der Waals surface area (Å²) in [6, 6.07) is 10.4. The van der Waals surface area contributed by atoms with Crippen molar-refractivity contribution in [3.63, 3.8) is 0 Å². The number of aromatic nitrogens is 2. The summed E-state index contributed by atoms with van der Waals surface area (Å²) in [7, 11) is 0. The minimum atomic E-state index is 0.936. The standard InChI is InChI=1S/C15H19N3S/c1-3-9-16-14-12(2)15(18-11-17-14)19-10-13-7-5-4-6-8-13/h4-8,11H,3,9-10H2,1-2H3,(H,16,17,18). The second-order valence-corrected chi connectivity index (χ2v) is 5.32. The van der Waals surface area contributed by atoms with Gasteiger partial charge in [0.05, 0.1) is 0 Å². The van der Waals surface area contributed by atoms with Gasteiger partial charge in [0.25, 0.3) is 0 Å². The molecule has 0 atom stereocenters. The van der Waals surface area contributed by atoms with E-state index in [1.165, 1.54) is 5.56 Å². The molecule has 0 aliphatic rings. The van der Waals surface area contributed by atoms with E-state index in [2.05, 4.69) is 53.4 Å². The lowest BCUT2D eigenvalue weighted by Gasteiger charge is -2.10. The van der Waals surface area contributed by atoms with Gasteiger partial charge in [-0.05, 0) is 18.9 Å². The first-order valence-corrected chi connectivity index (χ1v) is 7.52. The van der Waals surface area contributed by atoms with Gasteiger partial charge in [-0.25, -0.2) is 9.97 Å². The highest BCUT2D eigenvalue weighted by molar-refractivity contribution is 7.98. The van der Waals surface area contributed by atoms with Crippen LogP contribution >= 0.6 is 11.8 Å². The minimum Gasteiger partial charge on any atom is -0.370 e. The van der Waals surface area contributed by atoms with Crippen LogP contribution in [0.1, 0.15) is 24.5 Å². The van der Waals surface area contributed by atoms with Crippen molar-refractivity contribution in [1.82, 2.24) is 9.97 Å². The molecule has 4 heteroatoms. The molecule has 0 fully saturated rings. The Morgan fingerprint density at radius 1 is 1.16 bits per heavy atom. The normalized spacial score (nSPS) is 10.4. The third kappa shape index (κ3) is 3.96. The molecule has 0 bridgehead atoms. The Bertz CT molecular complexity index is 514. The van der Waals surface area contributed by atoms with Gasteiger partial charge in [-0.2, -0.15) is 0 Å². The van der Waals surface area contributed by atoms with Gasteiger partial charge in [0.1, 0.15) is 17.2 Å². The molecule has 100 valence electrons. The van der Waals surface area contributed by atoms with E-state index in [1.807, 2.05) is 6.07 Å². The van der Waals surface area contributed by atoms with Crippen LogP contribution in [0.2, 0.25) is 0 Å². The molecule has 1 heterocycles. The highest BCUT2D eigenvalue weighted by atomic mass is 32.2. The molecular formula is C15H19N3S. The fourth-order valence-corrected chi connectivity index (χ4v) is 2.66. The average Bonchev–Trinajstić information content (AvgIpc) is 2.46. The third-order valence-corrected chi connectivity index (χ3v) is 3.96. The van der Waals surface area contributed by atoms with Gasteiger partial charge < -0.3 is 5.32 Å². The van der Waals surface area contributed by atoms with Gasteiger partial charge in [-0.1, -0.05) is 37.3 Å². The van der Waals surface area contributed by atoms with Crippen LogP contribution in [0.25, 0.3) is 0 Å². The summed E-state index contributed by atoms with van der Waals surface area (Å²) in [5, 5.41) is 4.39. The van der Waals surface area contributed by atoms with Crippen molar-refractivity contribution in [1.29, 1.82) is 0 Å². The predicted molar refractivity (Wildman–Crippen MR) is 81.6 cm³/mol. The molecule has 0 aliphatic heterocycles. The minimum absolute atomic E-state index is 0.936. The molecule has 0 radical (unpaired) electrons. The Kier molecular flexibility index (Phi) is 5.21. The first-order valence-electron chi connectivity index (χ1n) is 6.53. The maximum atomic E-state index is 4.37. The van der Waals surface area contributed by atoms with Crippen LogP contribution in [-0.4, -0.2) is 16.5 Å². The van der Waals surface area contributed by atoms with Crippen LogP contribution in [0.3, 0.4) is 0 Å². The van der Waals surface area contributed by atoms with Crippen LogP contribution in [0.4, 0.5) is 5.82 Å².